The van der Waals surface area contributed by atoms with Crippen LogP contribution in [0.15, 0.2) is 46.9 Å². The number of halogens is 1. The second-order valence-corrected chi connectivity index (χ2v) is 10.6. The van der Waals surface area contributed by atoms with Gasteiger partial charge in [-0.2, -0.15) is 0 Å². The molecule has 0 spiro atoms. The number of benzene rings is 2. The van der Waals surface area contributed by atoms with Crippen molar-refractivity contribution in [3.63, 3.8) is 0 Å². The molecule has 36 heavy (non-hydrogen) atoms. The van der Waals surface area contributed by atoms with Gasteiger partial charge in [0.15, 0.2) is 4.77 Å². The first-order valence-electron chi connectivity index (χ1n) is 12.4. The molecule has 2 N–H and O–H groups in total. The fourth-order valence-electron chi connectivity index (χ4n) is 5.46. The molecule has 0 amide bonds. The van der Waals surface area contributed by atoms with Crippen LogP contribution in [-0.2, 0) is 17.7 Å². The molecule has 7 nitrogen and oxygen atoms in total. The molecule has 2 aromatic carbocycles. The molecule has 9 heteroatoms. The van der Waals surface area contributed by atoms with Gasteiger partial charge in [-0.15, -0.1) is 0 Å². The summed E-state index contributed by atoms with van der Waals surface area (Å²) in [6, 6.07) is 14.4. The zero-order valence-corrected chi connectivity index (χ0v) is 22.6. The summed E-state index contributed by atoms with van der Waals surface area (Å²) in [5.74, 6) is 1.10. The molecular weight excluding hydrogens is 540 g/mol. The minimum atomic E-state index is -0.163. The van der Waals surface area contributed by atoms with Crippen molar-refractivity contribution in [2.75, 3.05) is 39.5 Å². The zero-order valence-electron chi connectivity index (χ0n) is 20.2. The second kappa shape index (κ2) is 9.70. The van der Waals surface area contributed by atoms with Crippen molar-refractivity contribution < 1.29 is 14.6 Å². The number of morpholine rings is 1. The van der Waals surface area contributed by atoms with Crippen LogP contribution >= 0.6 is 28.1 Å². The van der Waals surface area contributed by atoms with Crippen molar-refractivity contribution in [2.45, 2.75) is 25.9 Å². The molecule has 4 aromatic rings. The molecule has 2 aliphatic rings. The molecule has 2 aliphatic heterocycles. The molecule has 1 atom stereocenters. The van der Waals surface area contributed by atoms with Crippen LogP contribution in [0.2, 0.25) is 0 Å². The summed E-state index contributed by atoms with van der Waals surface area (Å²) in [4.78, 5) is 6.03. The number of aromatic hydroxyl groups is 1. The first-order chi connectivity index (χ1) is 17.5. The summed E-state index contributed by atoms with van der Waals surface area (Å²) in [5, 5.41) is 12.2. The molecule has 188 valence electrons. The maximum Gasteiger partial charge on any atom is 0.213 e. The Kier molecular flexibility index (Phi) is 6.41. The van der Waals surface area contributed by atoms with Crippen LogP contribution in [0.25, 0.3) is 10.9 Å². The number of hydrogen-bond acceptors (Lipinski definition) is 5. The fraction of sp³-hybridized carbons (Fsp3) is 0.370. The number of ether oxygens (including phenoxy) is 2. The molecule has 0 saturated carbocycles. The monoisotopic (exact) mass is 568 g/mol. The number of aromatic amines is 1. The first kappa shape index (κ1) is 23.8. The fourth-order valence-corrected chi connectivity index (χ4v) is 6.25. The summed E-state index contributed by atoms with van der Waals surface area (Å²) in [7, 11) is 0. The van der Waals surface area contributed by atoms with Gasteiger partial charge in [-0.3, -0.25) is 9.47 Å². The average molecular weight is 570 g/mol. The molecule has 0 aliphatic carbocycles. The van der Waals surface area contributed by atoms with Crippen LogP contribution in [-0.4, -0.2) is 63.6 Å². The maximum atomic E-state index is 11.1. The molecule has 0 radical (unpaired) electrons. The summed E-state index contributed by atoms with van der Waals surface area (Å²) >= 11 is 9.48. The lowest BCUT2D eigenvalue weighted by atomic mass is 9.93. The van der Waals surface area contributed by atoms with Crippen molar-refractivity contribution in [3.05, 3.63) is 74.2 Å². The molecule has 1 unspecified atom stereocenters. The van der Waals surface area contributed by atoms with Crippen LogP contribution < -0.4 is 4.74 Å². The van der Waals surface area contributed by atoms with E-state index in [4.69, 9.17) is 21.7 Å². The van der Waals surface area contributed by atoms with Gasteiger partial charge in [-0.25, -0.2) is 0 Å². The first-order valence-corrected chi connectivity index (χ1v) is 13.6. The highest BCUT2D eigenvalue weighted by atomic mass is 79.9. The third-order valence-corrected chi connectivity index (χ3v) is 8.22. The van der Waals surface area contributed by atoms with Gasteiger partial charge in [0, 0.05) is 53.7 Å². The van der Waals surface area contributed by atoms with Gasteiger partial charge in [0.25, 0.3) is 0 Å². The van der Waals surface area contributed by atoms with Gasteiger partial charge in [0.05, 0.1) is 18.9 Å². The quantitative estimate of drug-likeness (QED) is 0.274. The van der Waals surface area contributed by atoms with Crippen molar-refractivity contribution >= 4 is 39.1 Å². The number of rotatable bonds is 6. The SMILES string of the molecule is CCn1c(O)c2n(c1=S)C(c1ccc(OCCN3CCOCC3)cc1)c1[nH]c3ccc(Br)cc3c1C2. The normalized spacial score (nSPS) is 17.8. The predicted octanol–water partition coefficient (Wildman–Crippen LogP) is 5.24. The molecule has 1 fully saturated rings. The molecule has 2 aromatic heterocycles. The van der Waals surface area contributed by atoms with Gasteiger partial charge < -0.3 is 24.1 Å². The van der Waals surface area contributed by atoms with E-state index in [-0.39, 0.29) is 11.9 Å². The average Bonchev–Trinajstić information content (AvgIpc) is 3.37. The Labute approximate surface area is 223 Å². The van der Waals surface area contributed by atoms with E-state index in [1.807, 2.05) is 29.7 Å². The van der Waals surface area contributed by atoms with E-state index in [0.717, 1.165) is 70.9 Å². The van der Waals surface area contributed by atoms with Crippen LogP contribution in [0, 0.1) is 4.77 Å². The second-order valence-electron chi connectivity index (χ2n) is 9.33. The van der Waals surface area contributed by atoms with Gasteiger partial charge >= 0.3 is 0 Å². The van der Waals surface area contributed by atoms with Crippen molar-refractivity contribution in [2.24, 2.45) is 0 Å². The Balaban J connectivity index is 1.35. The predicted molar refractivity (Wildman–Crippen MR) is 146 cm³/mol. The highest BCUT2D eigenvalue weighted by Gasteiger charge is 2.34. The number of nitrogens with zero attached hydrogens (tertiary/aromatic N) is 3. The lowest BCUT2D eigenvalue weighted by Gasteiger charge is -2.27. The zero-order chi connectivity index (χ0) is 24.8. The lowest BCUT2D eigenvalue weighted by molar-refractivity contribution is 0.0322. The van der Waals surface area contributed by atoms with E-state index < -0.39 is 0 Å². The highest BCUT2D eigenvalue weighted by Crippen LogP contribution is 2.43. The molecular formula is C27H29BrN4O3S. The minimum Gasteiger partial charge on any atom is -0.493 e. The number of nitrogens with one attached hydrogen (secondary N) is 1. The van der Waals surface area contributed by atoms with Crippen molar-refractivity contribution in [3.8, 4) is 11.6 Å². The topological polar surface area (TPSA) is 67.6 Å². The van der Waals surface area contributed by atoms with Crippen molar-refractivity contribution in [1.82, 2.24) is 19.0 Å². The molecule has 4 heterocycles. The van der Waals surface area contributed by atoms with E-state index in [2.05, 4.69) is 54.6 Å². The smallest absolute Gasteiger partial charge is 0.213 e. The van der Waals surface area contributed by atoms with Gasteiger partial charge in [-0.05, 0) is 60.6 Å². The lowest BCUT2D eigenvalue weighted by Crippen LogP contribution is -2.38. The van der Waals surface area contributed by atoms with Crippen LogP contribution in [0.4, 0.5) is 0 Å². The van der Waals surface area contributed by atoms with Crippen LogP contribution in [0.3, 0.4) is 0 Å². The summed E-state index contributed by atoms with van der Waals surface area (Å²) < 4.78 is 17.0. The Hall–Kier alpha value is -2.59. The van der Waals surface area contributed by atoms with Gasteiger partial charge in [0.1, 0.15) is 18.4 Å². The Morgan fingerprint density at radius 2 is 1.94 bits per heavy atom. The van der Waals surface area contributed by atoms with E-state index in [9.17, 15) is 5.11 Å². The third-order valence-electron chi connectivity index (χ3n) is 7.31. The largest absolute Gasteiger partial charge is 0.493 e. The minimum absolute atomic E-state index is 0.163. The van der Waals surface area contributed by atoms with E-state index in [1.54, 1.807) is 0 Å². The molecule has 1 saturated heterocycles. The highest BCUT2D eigenvalue weighted by molar-refractivity contribution is 9.10. The van der Waals surface area contributed by atoms with Gasteiger partial charge in [0.2, 0.25) is 5.88 Å². The maximum absolute atomic E-state index is 11.1. The Morgan fingerprint density at radius 1 is 1.17 bits per heavy atom. The standard InChI is InChI=1S/C27H29BrN4O3S/c1-2-31-26(33)23-16-21-20-15-18(28)5-8-22(20)29-24(21)25(32(23)27(31)36)17-3-6-19(7-4-17)35-14-11-30-9-12-34-13-10-30/h3-8,15,25,29,33H,2,9-14,16H2,1H3. The van der Waals surface area contributed by atoms with E-state index in [0.29, 0.717) is 24.3 Å². The van der Waals surface area contributed by atoms with E-state index >= 15 is 0 Å². The summed E-state index contributed by atoms with van der Waals surface area (Å²) in [5.41, 5.74) is 5.33. The van der Waals surface area contributed by atoms with Crippen molar-refractivity contribution in [1.29, 1.82) is 0 Å². The summed E-state index contributed by atoms with van der Waals surface area (Å²) in [6.07, 6.45) is 0.619. The number of aromatic nitrogens is 3. The number of hydrogen-bond donors (Lipinski definition) is 2. The number of H-pyrrole nitrogens is 1. The molecule has 6 rings (SSSR count). The van der Waals surface area contributed by atoms with Gasteiger partial charge in [-0.1, -0.05) is 28.1 Å². The third kappa shape index (κ3) is 4.08. The Bertz CT molecular complexity index is 1470. The summed E-state index contributed by atoms with van der Waals surface area (Å²) in [6.45, 7) is 7.67. The number of imidazole rings is 1. The van der Waals surface area contributed by atoms with Crippen LogP contribution in [0.1, 0.15) is 35.5 Å². The Morgan fingerprint density at radius 3 is 2.69 bits per heavy atom. The molecule has 0 bridgehead atoms. The number of fused-ring (bicyclic) bond motifs is 4. The van der Waals surface area contributed by atoms with Crippen LogP contribution in [0.5, 0.6) is 11.6 Å². The van der Waals surface area contributed by atoms with E-state index in [1.165, 1.54) is 5.56 Å².